The molecule has 1 aromatic carbocycles. The molecule has 2 N–H and O–H groups in total. The standard InChI is InChI=1S/C19H27N5S.HI/c1-20-19(22-12-15-8-10-25-11-9-15)24(2)14-18-21-13-17(23-18)16-6-4-3-5-7-16;/h3-7,13,15H,8-12,14H2,1-2H3,(H,20,22)(H,21,23);1H. The molecule has 1 saturated heterocycles. The number of thioether (sulfide) groups is 1. The van der Waals surface area contributed by atoms with Crippen molar-refractivity contribution in [1.29, 1.82) is 0 Å². The highest BCUT2D eigenvalue weighted by molar-refractivity contribution is 14.0. The highest BCUT2D eigenvalue weighted by Gasteiger charge is 2.15. The van der Waals surface area contributed by atoms with Crippen LogP contribution in [0.3, 0.4) is 0 Å². The fraction of sp³-hybridized carbons (Fsp3) is 0.474. The number of aliphatic imine (C=N–C) groups is 1. The number of rotatable bonds is 5. The first-order valence-corrected chi connectivity index (χ1v) is 10.0. The summed E-state index contributed by atoms with van der Waals surface area (Å²) in [5, 5.41) is 3.52. The number of imidazole rings is 1. The van der Waals surface area contributed by atoms with Crippen molar-refractivity contribution in [3.8, 4) is 11.3 Å². The minimum Gasteiger partial charge on any atom is -0.356 e. The molecular weight excluding hydrogens is 457 g/mol. The maximum Gasteiger partial charge on any atom is 0.193 e. The van der Waals surface area contributed by atoms with Gasteiger partial charge in [0.25, 0.3) is 0 Å². The van der Waals surface area contributed by atoms with Gasteiger partial charge in [0.1, 0.15) is 5.82 Å². The fourth-order valence-corrected chi connectivity index (χ4v) is 4.28. The molecule has 2 aromatic rings. The van der Waals surface area contributed by atoms with E-state index in [0.29, 0.717) is 6.54 Å². The number of hydrogen-bond acceptors (Lipinski definition) is 3. The zero-order valence-electron chi connectivity index (χ0n) is 15.4. The lowest BCUT2D eigenvalue weighted by molar-refractivity contribution is 0.434. The molecule has 2 heterocycles. The van der Waals surface area contributed by atoms with Crippen molar-refractivity contribution in [2.45, 2.75) is 19.4 Å². The van der Waals surface area contributed by atoms with Gasteiger partial charge in [0, 0.05) is 20.6 Å². The Morgan fingerprint density at radius 2 is 2.04 bits per heavy atom. The summed E-state index contributed by atoms with van der Waals surface area (Å²) in [4.78, 5) is 14.5. The summed E-state index contributed by atoms with van der Waals surface area (Å²) in [6.07, 6.45) is 4.50. The third kappa shape index (κ3) is 5.90. The Labute approximate surface area is 177 Å². The second kappa shape index (κ2) is 10.8. The average molecular weight is 485 g/mol. The second-order valence-electron chi connectivity index (χ2n) is 6.45. The van der Waals surface area contributed by atoms with E-state index in [-0.39, 0.29) is 24.0 Å². The molecule has 0 saturated carbocycles. The minimum absolute atomic E-state index is 0. The Morgan fingerprint density at radius 1 is 1.31 bits per heavy atom. The van der Waals surface area contributed by atoms with Crippen LogP contribution >= 0.6 is 35.7 Å². The van der Waals surface area contributed by atoms with Gasteiger partial charge in [-0.3, -0.25) is 4.99 Å². The molecule has 1 fully saturated rings. The first kappa shape index (κ1) is 21.1. The van der Waals surface area contributed by atoms with Crippen LogP contribution in [0.4, 0.5) is 0 Å². The van der Waals surface area contributed by atoms with Gasteiger partial charge < -0.3 is 15.2 Å². The summed E-state index contributed by atoms with van der Waals surface area (Å²) in [6, 6.07) is 10.3. The van der Waals surface area contributed by atoms with E-state index in [4.69, 9.17) is 0 Å². The van der Waals surface area contributed by atoms with E-state index in [1.165, 1.54) is 24.3 Å². The topological polar surface area (TPSA) is 56.3 Å². The Kier molecular flexibility index (Phi) is 8.77. The summed E-state index contributed by atoms with van der Waals surface area (Å²) in [6.45, 7) is 1.71. The van der Waals surface area contributed by atoms with Crippen molar-refractivity contribution in [2.24, 2.45) is 10.9 Å². The van der Waals surface area contributed by atoms with E-state index in [1.807, 2.05) is 31.4 Å². The summed E-state index contributed by atoms with van der Waals surface area (Å²) in [5.74, 6) is 5.21. The van der Waals surface area contributed by atoms with Gasteiger partial charge in [-0.1, -0.05) is 30.3 Å². The van der Waals surface area contributed by atoms with E-state index in [0.717, 1.165) is 35.5 Å². The van der Waals surface area contributed by atoms with Gasteiger partial charge in [-0.2, -0.15) is 11.8 Å². The molecule has 0 aliphatic carbocycles. The van der Waals surface area contributed by atoms with Crippen LogP contribution in [-0.2, 0) is 6.54 Å². The average Bonchev–Trinajstić information content (AvgIpc) is 3.12. The van der Waals surface area contributed by atoms with Gasteiger partial charge in [-0.25, -0.2) is 4.98 Å². The number of benzene rings is 1. The third-order valence-corrected chi connectivity index (χ3v) is 5.61. The molecule has 0 radical (unpaired) electrons. The summed E-state index contributed by atoms with van der Waals surface area (Å²) in [5.41, 5.74) is 2.20. The van der Waals surface area contributed by atoms with Gasteiger partial charge in [-0.15, -0.1) is 24.0 Å². The summed E-state index contributed by atoms with van der Waals surface area (Å²) < 4.78 is 0. The molecule has 26 heavy (non-hydrogen) atoms. The fourth-order valence-electron chi connectivity index (χ4n) is 3.08. The SMILES string of the molecule is CN=C(NCC1CCSCC1)N(C)Cc1ncc(-c2ccccc2)[nH]1.I. The Hall–Kier alpha value is -1.22. The summed E-state index contributed by atoms with van der Waals surface area (Å²) >= 11 is 2.07. The number of hydrogen-bond donors (Lipinski definition) is 2. The van der Waals surface area contributed by atoms with Crippen LogP contribution in [0.1, 0.15) is 18.7 Å². The highest BCUT2D eigenvalue weighted by atomic mass is 127. The number of guanidine groups is 1. The molecule has 0 unspecified atom stereocenters. The van der Waals surface area contributed by atoms with Crippen molar-refractivity contribution in [1.82, 2.24) is 20.2 Å². The number of H-pyrrole nitrogens is 1. The van der Waals surface area contributed by atoms with Crippen LogP contribution in [-0.4, -0.2) is 53.0 Å². The van der Waals surface area contributed by atoms with E-state index in [2.05, 4.69) is 56.1 Å². The summed E-state index contributed by atoms with van der Waals surface area (Å²) in [7, 11) is 3.89. The molecule has 0 amide bonds. The number of aromatic amines is 1. The van der Waals surface area contributed by atoms with Gasteiger partial charge in [0.15, 0.2) is 5.96 Å². The molecule has 3 rings (SSSR count). The number of nitrogens with zero attached hydrogens (tertiary/aromatic N) is 3. The predicted octanol–water partition coefficient (Wildman–Crippen LogP) is 3.85. The monoisotopic (exact) mass is 485 g/mol. The molecule has 0 atom stereocenters. The molecule has 7 heteroatoms. The molecule has 1 aromatic heterocycles. The third-order valence-electron chi connectivity index (χ3n) is 4.56. The molecule has 1 aliphatic heterocycles. The van der Waals surface area contributed by atoms with Gasteiger partial charge in [0.2, 0.25) is 0 Å². The second-order valence-corrected chi connectivity index (χ2v) is 7.67. The Bertz CT molecular complexity index is 682. The number of halogens is 1. The minimum atomic E-state index is 0. The van der Waals surface area contributed by atoms with Crippen molar-refractivity contribution in [3.63, 3.8) is 0 Å². The van der Waals surface area contributed by atoms with Crippen molar-refractivity contribution >= 4 is 41.7 Å². The molecule has 5 nitrogen and oxygen atoms in total. The number of nitrogens with one attached hydrogen (secondary N) is 2. The first-order valence-electron chi connectivity index (χ1n) is 8.85. The van der Waals surface area contributed by atoms with E-state index < -0.39 is 0 Å². The maximum absolute atomic E-state index is 4.52. The van der Waals surface area contributed by atoms with Crippen LogP contribution < -0.4 is 5.32 Å². The van der Waals surface area contributed by atoms with Crippen molar-refractivity contribution in [2.75, 3.05) is 32.1 Å². The largest absolute Gasteiger partial charge is 0.356 e. The lowest BCUT2D eigenvalue weighted by Gasteiger charge is -2.26. The van der Waals surface area contributed by atoms with Crippen molar-refractivity contribution < 1.29 is 0 Å². The first-order chi connectivity index (χ1) is 12.3. The van der Waals surface area contributed by atoms with E-state index >= 15 is 0 Å². The molecular formula is C19H28IN5S. The van der Waals surface area contributed by atoms with Crippen LogP contribution in [0.15, 0.2) is 41.5 Å². The quantitative estimate of drug-likeness (QED) is 0.384. The number of aromatic nitrogens is 2. The van der Waals surface area contributed by atoms with Crippen LogP contribution in [0, 0.1) is 5.92 Å². The molecule has 0 spiro atoms. The van der Waals surface area contributed by atoms with Gasteiger partial charge in [-0.05, 0) is 35.8 Å². The zero-order valence-corrected chi connectivity index (χ0v) is 18.6. The van der Waals surface area contributed by atoms with Gasteiger partial charge in [0.05, 0.1) is 18.4 Å². The van der Waals surface area contributed by atoms with Crippen molar-refractivity contribution in [3.05, 3.63) is 42.4 Å². The van der Waals surface area contributed by atoms with E-state index in [9.17, 15) is 0 Å². The lowest BCUT2D eigenvalue weighted by Crippen LogP contribution is -2.41. The molecule has 1 aliphatic rings. The highest BCUT2D eigenvalue weighted by Crippen LogP contribution is 2.22. The van der Waals surface area contributed by atoms with Gasteiger partial charge >= 0.3 is 0 Å². The van der Waals surface area contributed by atoms with Crippen LogP contribution in [0.5, 0.6) is 0 Å². The van der Waals surface area contributed by atoms with Crippen LogP contribution in [0.2, 0.25) is 0 Å². The smallest absolute Gasteiger partial charge is 0.193 e. The van der Waals surface area contributed by atoms with E-state index in [1.54, 1.807) is 0 Å². The maximum atomic E-state index is 4.52. The van der Waals surface area contributed by atoms with Crippen LogP contribution in [0.25, 0.3) is 11.3 Å². The zero-order chi connectivity index (χ0) is 17.5. The molecule has 0 bridgehead atoms. The molecule has 142 valence electrons. The Morgan fingerprint density at radius 3 is 2.73 bits per heavy atom. The normalized spacial score (nSPS) is 15.4. The lowest BCUT2D eigenvalue weighted by atomic mass is 10.0. The predicted molar refractivity (Wildman–Crippen MR) is 122 cm³/mol. The Balaban J connectivity index is 0.00000243.